The molecule has 4 atom stereocenters. The van der Waals surface area contributed by atoms with Gasteiger partial charge in [-0.2, -0.15) is 0 Å². The van der Waals surface area contributed by atoms with Crippen LogP contribution in [0.1, 0.15) is 56.8 Å². The predicted octanol–water partition coefficient (Wildman–Crippen LogP) is 6.58. The second kappa shape index (κ2) is 13.4. The van der Waals surface area contributed by atoms with Crippen molar-refractivity contribution in [1.29, 1.82) is 0 Å². The van der Waals surface area contributed by atoms with Crippen molar-refractivity contribution >= 4 is 34.4 Å². The van der Waals surface area contributed by atoms with Crippen LogP contribution in [0.5, 0.6) is 5.75 Å². The molecule has 0 spiro atoms. The van der Waals surface area contributed by atoms with E-state index in [2.05, 4.69) is 16.6 Å². The normalized spacial score (nSPS) is 16.8. The zero-order valence-corrected chi connectivity index (χ0v) is 26.5. The number of nitrogens with one attached hydrogen (secondary N) is 2. The number of amides is 3. The molecular formula is C38H39N3O5. The number of anilines is 1. The molecule has 236 valence electrons. The fourth-order valence-electron chi connectivity index (χ4n) is 5.55. The first-order chi connectivity index (χ1) is 21.9. The Labute approximate surface area is 269 Å². The van der Waals surface area contributed by atoms with Crippen LogP contribution in [0.4, 0.5) is 10.5 Å². The van der Waals surface area contributed by atoms with Gasteiger partial charge in [-0.05, 0) is 91.4 Å². The molecule has 5 rings (SSSR count). The van der Waals surface area contributed by atoms with Crippen LogP contribution in [0.3, 0.4) is 0 Å². The molecule has 46 heavy (non-hydrogen) atoms. The van der Waals surface area contributed by atoms with Crippen LogP contribution in [-0.2, 0) is 20.7 Å². The van der Waals surface area contributed by atoms with E-state index in [1.165, 1.54) is 12.1 Å². The second-order valence-corrected chi connectivity index (χ2v) is 12.8. The fourth-order valence-corrected chi connectivity index (χ4v) is 5.55. The van der Waals surface area contributed by atoms with Crippen molar-refractivity contribution in [2.45, 2.75) is 64.3 Å². The molecule has 3 amide bonds. The zero-order valence-electron chi connectivity index (χ0n) is 26.5. The Kier molecular flexibility index (Phi) is 9.33. The maximum absolute atomic E-state index is 14.7. The number of hydrogen-bond donors (Lipinski definition) is 3. The lowest BCUT2D eigenvalue weighted by molar-refractivity contribution is -0.141. The van der Waals surface area contributed by atoms with Crippen molar-refractivity contribution in [2.75, 3.05) is 5.32 Å². The molecular weight excluding hydrogens is 578 g/mol. The van der Waals surface area contributed by atoms with Crippen LogP contribution in [0.25, 0.3) is 10.8 Å². The molecule has 1 fully saturated rings. The monoisotopic (exact) mass is 617 g/mol. The number of aromatic hydroxyl groups is 1. The lowest BCUT2D eigenvalue weighted by atomic mass is 9.98. The molecule has 8 nitrogen and oxygen atoms in total. The van der Waals surface area contributed by atoms with E-state index in [-0.39, 0.29) is 24.1 Å². The molecule has 0 aromatic heterocycles. The van der Waals surface area contributed by atoms with Crippen LogP contribution in [-0.4, -0.2) is 45.6 Å². The second-order valence-electron chi connectivity index (χ2n) is 12.8. The molecule has 4 unspecified atom stereocenters. The molecule has 1 aliphatic carbocycles. The minimum absolute atomic E-state index is 0.0843. The number of hydrogen-bond acceptors (Lipinski definition) is 5. The van der Waals surface area contributed by atoms with Gasteiger partial charge in [0.2, 0.25) is 5.91 Å². The highest BCUT2D eigenvalue weighted by atomic mass is 16.6. The molecule has 4 aromatic carbocycles. The number of terminal acetylenes is 1. The summed E-state index contributed by atoms with van der Waals surface area (Å²) in [5.74, 6) is 2.01. The number of phenols is 1. The van der Waals surface area contributed by atoms with E-state index in [1.54, 1.807) is 62.1 Å². The SMILES string of the molecule is C#Cc1ccc(C(C(=O)Nc2ccc3ccccc3c2)N(C(=O)C(Cc2ccc(O)cc2)NC(=O)OC(C)(C)C)C2CC2C)cc1. The summed E-state index contributed by atoms with van der Waals surface area (Å²) in [6.45, 7) is 7.26. The number of carbonyl (C=O) groups is 3. The molecule has 4 aromatic rings. The summed E-state index contributed by atoms with van der Waals surface area (Å²) in [7, 11) is 0. The Balaban J connectivity index is 1.54. The summed E-state index contributed by atoms with van der Waals surface area (Å²) in [6, 6.07) is 24.7. The van der Waals surface area contributed by atoms with Gasteiger partial charge in [0.15, 0.2) is 0 Å². The minimum Gasteiger partial charge on any atom is -0.508 e. The Hall–Kier alpha value is -5.29. The van der Waals surface area contributed by atoms with Gasteiger partial charge in [-0.25, -0.2) is 4.79 Å². The van der Waals surface area contributed by atoms with Gasteiger partial charge in [0.05, 0.1) is 0 Å². The highest BCUT2D eigenvalue weighted by Crippen LogP contribution is 2.41. The van der Waals surface area contributed by atoms with Crippen molar-refractivity contribution in [2.24, 2.45) is 5.92 Å². The van der Waals surface area contributed by atoms with Gasteiger partial charge in [0, 0.05) is 23.7 Å². The number of phenolic OH excluding ortho intramolecular Hbond substituents is 1. The van der Waals surface area contributed by atoms with Gasteiger partial charge in [0.25, 0.3) is 5.91 Å². The average molecular weight is 618 g/mol. The number of nitrogens with zero attached hydrogens (tertiary/aromatic N) is 1. The van der Waals surface area contributed by atoms with Crippen LogP contribution >= 0.6 is 0 Å². The topological polar surface area (TPSA) is 108 Å². The number of rotatable bonds is 9. The van der Waals surface area contributed by atoms with Gasteiger partial charge in [-0.15, -0.1) is 6.42 Å². The predicted molar refractivity (Wildman–Crippen MR) is 179 cm³/mol. The Morgan fingerprint density at radius 1 is 0.978 bits per heavy atom. The van der Waals surface area contributed by atoms with Crippen LogP contribution in [0.2, 0.25) is 0 Å². The van der Waals surface area contributed by atoms with E-state index in [4.69, 9.17) is 11.2 Å². The van der Waals surface area contributed by atoms with Crippen LogP contribution < -0.4 is 10.6 Å². The molecule has 0 aliphatic heterocycles. The van der Waals surface area contributed by atoms with E-state index >= 15 is 0 Å². The van der Waals surface area contributed by atoms with Gasteiger partial charge >= 0.3 is 6.09 Å². The average Bonchev–Trinajstić information content (AvgIpc) is 3.74. The highest BCUT2D eigenvalue weighted by Gasteiger charge is 2.48. The third-order valence-corrected chi connectivity index (χ3v) is 7.98. The van der Waals surface area contributed by atoms with Gasteiger partial charge in [-0.3, -0.25) is 9.59 Å². The van der Waals surface area contributed by atoms with Crippen molar-refractivity contribution < 1.29 is 24.2 Å². The Morgan fingerprint density at radius 2 is 1.63 bits per heavy atom. The summed E-state index contributed by atoms with van der Waals surface area (Å²) in [5, 5.41) is 17.7. The summed E-state index contributed by atoms with van der Waals surface area (Å²) < 4.78 is 5.53. The lowest BCUT2D eigenvalue weighted by Crippen LogP contribution is -2.54. The summed E-state index contributed by atoms with van der Waals surface area (Å²) in [6.07, 6.45) is 5.69. The number of carbonyl (C=O) groups excluding carboxylic acids is 3. The third-order valence-electron chi connectivity index (χ3n) is 7.98. The van der Waals surface area contributed by atoms with Crippen molar-refractivity contribution in [1.82, 2.24) is 10.2 Å². The summed E-state index contributed by atoms with van der Waals surface area (Å²) >= 11 is 0. The largest absolute Gasteiger partial charge is 0.508 e. The number of ether oxygens (including phenoxy) is 1. The van der Waals surface area contributed by atoms with Gasteiger partial charge in [0.1, 0.15) is 23.4 Å². The third kappa shape index (κ3) is 7.86. The maximum atomic E-state index is 14.7. The van der Waals surface area contributed by atoms with E-state index < -0.39 is 35.6 Å². The van der Waals surface area contributed by atoms with Crippen LogP contribution in [0.15, 0.2) is 91.0 Å². The molecule has 0 saturated heterocycles. The Morgan fingerprint density at radius 3 is 2.24 bits per heavy atom. The Bertz CT molecular complexity index is 1770. The van der Waals surface area contributed by atoms with Gasteiger partial charge < -0.3 is 25.4 Å². The standard InChI is InChI=1S/C38H39N3O5/c1-6-25-11-15-28(16-12-25)34(35(43)39-30-18-17-27-9-7-8-10-29(27)23-30)41(33-21-24(33)2)36(44)32(40-37(45)46-38(3,4)5)22-26-13-19-31(42)20-14-26/h1,7-20,23-24,32-34,42H,21-22H2,2-5H3,(H,39,43)(H,40,45). The molecule has 0 heterocycles. The number of fused-ring (bicyclic) bond motifs is 1. The van der Waals surface area contributed by atoms with Crippen molar-refractivity contribution in [3.63, 3.8) is 0 Å². The molecule has 0 bridgehead atoms. The van der Waals surface area contributed by atoms with E-state index in [1.807, 2.05) is 49.4 Å². The molecule has 1 saturated carbocycles. The maximum Gasteiger partial charge on any atom is 0.408 e. The van der Waals surface area contributed by atoms with E-state index in [0.717, 1.165) is 10.8 Å². The van der Waals surface area contributed by atoms with E-state index in [0.29, 0.717) is 28.8 Å². The zero-order chi connectivity index (χ0) is 33.0. The molecule has 8 heteroatoms. The van der Waals surface area contributed by atoms with Crippen molar-refractivity contribution in [3.05, 3.63) is 108 Å². The molecule has 0 radical (unpaired) electrons. The highest BCUT2D eigenvalue weighted by molar-refractivity contribution is 6.00. The van der Waals surface area contributed by atoms with Gasteiger partial charge in [-0.1, -0.05) is 67.4 Å². The number of alkyl carbamates (subject to hydrolysis) is 1. The minimum atomic E-state index is -1.06. The fraction of sp³-hybridized carbons (Fsp3) is 0.289. The summed E-state index contributed by atoms with van der Waals surface area (Å²) in [4.78, 5) is 43.7. The first kappa shape index (κ1) is 32.1. The summed E-state index contributed by atoms with van der Waals surface area (Å²) in [5.41, 5.74) is 1.75. The van der Waals surface area contributed by atoms with Crippen molar-refractivity contribution in [3.8, 4) is 18.1 Å². The van der Waals surface area contributed by atoms with Crippen LogP contribution in [0, 0.1) is 18.3 Å². The first-order valence-corrected chi connectivity index (χ1v) is 15.4. The smallest absolute Gasteiger partial charge is 0.408 e. The quantitative estimate of drug-likeness (QED) is 0.184. The van der Waals surface area contributed by atoms with E-state index in [9.17, 15) is 19.5 Å². The first-order valence-electron chi connectivity index (χ1n) is 15.4. The molecule has 3 N–H and O–H groups in total. The lowest BCUT2D eigenvalue weighted by Gasteiger charge is -2.35. The number of benzene rings is 4. The molecule has 1 aliphatic rings.